The molecule has 3 aliphatic rings. The van der Waals surface area contributed by atoms with Crippen LogP contribution in [0, 0.1) is 5.92 Å². The summed E-state index contributed by atoms with van der Waals surface area (Å²) < 4.78 is 0. The number of piperidine rings is 1. The standard InChI is InChI=1S/C24H34N4O3/c1-17-7-6-13-26(15-17)16-18(2)25-21(29)11-14-27-23(31)19-8-4-5-9-20(19)28-22(30)10-12-24(27,28)3/h4-5,8-9,17-18H,6-7,10-16H2,1-3H3,(H,25,29). The molecule has 0 saturated carbocycles. The number of amides is 3. The Balaban J connectivity index is 1.39. The number of nitrogens with zero attached hydrogens (tertiary/aromatic N) is 3. The maximum atomic E-state index is 13.2. The molecule has 7 nitrogen and oxygen atoms in total. The van der Waals surface area contributed by atoms with E-state index < -0.39 is 5.66 Å². The molecule has 2 fully saturated rings. The smallest absolute Gasteiger partial charge is 0.257 e. The van der Waals surface area contributed by atoms with Gasteiger partial charge in [-0.05, 0) is 57.7 Å². The molecule has 3 atom stereocenters. The van der Waals surface area contributed by atoms with Gasteiger partial charge in [-0.2, -0.15) is 0 Å². The van der Waals surface area contributed by atoms with Gasteiger partial charge in [0.1, 0.15) is 5.66 Å². The molecule has 0 spiro atoms. The Morgan fingerprint density at radius 1 is 1.29 bits per heavy atom. The lowest BCUT2D eigenvalue weighted by atomic mass is 9.98. The average Bonchev–Trinajstić information content (AvgIpc) is 3.03. The molecule has 0 aliphatic carbocycles. The molecule has 3 amide bonds. The summed E-state index contributed by atoms with van der Waals surface area (Å²) in [7, 11) is 0. The van der Waals surface area contributed by atoms with Crippen LogP contribution in [0.1, 0.15) is 63.2 Å². The summed E-state index contributed by atoms with van der Waals surface area (Å²) in [6.45, 7) is 9.58. The Bertz CT molecular complexity index is 872. The number of hydrogen-bond donors (Lipinski definition) is 1. The highest BCUT2D eigenvalue weighted by Crippen LogP contribution is 2.43. The molecule has 4 rings (SSSR count). The fraction of sp³-hybridized carbons (Fsp3) is 0.625. The van der Waals surface area contributed by atoms with E-state index in [-0.39, 0.29) is 30.2 Å². The molecule has 168 valence electrons. The minimum atomic E-state index is -0.710. The predicted octanol–water partition coefficient (Wildman–Crippen LogP) is 2.61. The number of para-hydroxylation sites is 1. The lowest BCUT2D eigenvalue weighted by Gasteiger charge is -2.48. The van der Waals surface area contributed by atoms with Crippen molar-refractivity contribution in [2.75, 3.05) is 31.1 Å². The average molecular weight is 427 g/mol. The molecule has 7 heteroatoms. The van der Waals surface area contributed by atoms with Gasteiger partial charge in [0, 0.05) is 38.5 Å². The van der Waals surface area contributed by atoms with Gasteiger partial charge in [0.2, 0.25) is 11.8 Å². The van der Waals surface area contributed by atoms with E-state index in [0.29, 0.717) is 36.6 Å². The lowest BCUT2D eigenvalue weighted by Crippen LogP contribution is -2.62. The summed E-state index contributed by atoms with van der Waals surface area (Å²) in [4.78, 5) is 44.4. The van der Waals surface area contributed by atoms with Gasteiger partial charge in [-0.25, -0.2) is 0 Å². The van der Waals surface area contributed by atoms with Gasteiger partial charge in [-0.3, -0.25) is 19.3 Å². The first-order valence-electron chi connectivity index (χ1n) is 11.6. The van der Waals surface area contributed by atoms with Gasteiger partial charge in [0.15, 0.2) is 0 Å². The predicted molar refractivity (Wildman–Crippen MR) is 120 cm³/mol. The highest BCUT2D eigenvalue weighted by atomic mass is 16.2. The van der Waals surface area contributed by atoms with Gasteiger partial charge in [-0.1, -0.05) is 19.1 Å². The van der Waals surface area contributed by atoms with Crippen LogP contribution in [0.5, 0.6) is 0 Å². The van der Waals surface area contributed by atoms with E-state index in [4.69, 9.17) is 0 Å². The van der Waals surface area contributed by atoms with Crippen LogP contribution >= 0.6 is 0 Å². The first kappa shape index (κ1) is 21.8. The molecule has 0 aromatic heterocycles. The fourth-order valence-electron chi connectivity index (χ4n) is 5.49. The van der Waals surface area contributed by atoms with Crippen molar-refractivity contribution >= 4 is 23.4 Å². The summed E-state index contributed by atoms with van der Waals surface area (Å²) >= 11 is 0. The molecule has 1 aromatic rings. The minimum Gasteiger partial charge on any atom is -0.352 e. The number of carbonyl (C=O) groups excluding carboxylic acids is 3. The van der Waals surface area contributed by atoms with Gasteiger partial charge in [0.05, 0.1) is 11.3 Å². The second kappa shape index (κ2) is 8.61. The molecule has 31 heavy (non-hydrogen) atoms. The summed E-state index contributed by atoms with van der Waals surface area (Å²) in [6, 6.07) is 7.33. The molecular weight excluding hydrogens is 392 g/mol. The molecule has 0 radical (unpaired) electrons. The largest absolute Gasteiger partial charge is 0.352 e. The Morgan fingerprint density at radius 3 is 2.84 bits per heavy atom. The summed E-state index contributed by atoms with van der Waals surface area (Å²) in [5.41, 5.74) is 0.504. The van der Waals surface area contributed by atoms with E-state index >= 15 is 0 Å². The summed E-state index contributed by atoms with van der Waals surface area (Å²) in [5.74, 6) is 0.583. The zero-order chi connectivity index (χ0) is 22.2. The Hall–Kier alpha value is -2.41. The van der Waals surface area contributed by atoms with Crippen molar-refractivity contribution in [3.63, 3.8) is 0 Å². The van der Waals surface area contributed by atoms with Crippen LogP contribution in [0.4, 0.5) is 5.69 Å². The van der Waals surface area contributed by atoms with Crippen LogP contribution in [0.2, 0.25) is 0 Å². The Labute approximate surface area is 184 Å². The third-order valence-electron chi connectivity index (χ3n) is 6.99. The number of rotatable bonds is 6. The van der Waals surface area contributed by atoms with Crippen LogP contribution in [-0.2, 0) is 9.59 Å². The molecule has 0 bridgehead atoms. The third-order valence-corrected chi connectivity index (χ3v) is 6.99. The van der Waals surface area contributed by atoms with E-state index in [1.807, 2.05) is 32.0 Å². The quantitative estimate of drug-likeness (QED) is 0.759. The van der Waals surface area contributed by atoms with Crippen LogP contribution < -0.4 is 10.2 Å². The van der Waals surface area contributed by atoms with Crippen molar-refractivity contribution < 1.29 is 14.4 Å². The van der Waals surface area contributed by atoms with Crippen LogP contribution in [-0.4, -0.2) is 65.4 Å². The maximum Gasteiger partial charge on any atom is 0.257 e. The monoisotopic (exact) mass is 426 g/mol. The normalized spacial score (nSPS) is 27.1. The van der Waals surface area contributed by atoms with Crippen LogP contribution in [0.25, 0.3) is 0 Å². The van der Waals surface area contributed by atoms with E-state index in [9.17, 15) is 14.4 Å². The number of likely N-dealkylation sites (tertiary alicyclic amines) is 1. The second-order valence-electron chi connectivity index (χ2n) is 9.65. The molecule has 1 N–H and O–H groups in total. The first-order chi connectivity index (χ1) is 14.8. The minimum absolute atomic E-state index is 0.0290. The third kappa shape index (κ3) is 4.20. The number of carbonyl (C=O) groups is 3. The van der Waals surface area contributed by atoms with Crippen molar-refractivity contribution in [1.29, 1.82) is 0 Å². The van der Waals surface area contributed by atoms with Gasteiger partial charge < -0.3 is 15.1 Å². The van der Waals surface area contributed by atoms with Gasteiger partial charge in [0.25, 0.3) is 5.91 Å². The summed E-state index contributed by atoms with van der Waals surface area (Å²) in [6.07, 6.45) is 3.71. The zero-order valence-corrected chi connectivity index (χ0v) is 18.9. The van der Waals surface area contributed by atoms with Gasteiger partial charge in [-0.15, -0.1) is 0 Å². The second-order valence-corrected chi connectivity index (χ2v) is 9.65. The van der Waals surface area contributed by atoms with Crippen molar-refractivity contribution in [3.05, 3.63) is 29.8 Å². The molecule has 3 aliphatic heterocycles. The molecule has 3 heterocycles. The van der Waals surface area contributed by atoms with Crippen molar-refractivity contribution in [2.24, 2.45) is 5.92 Å². The Morgan fingerprint density at radius 2 is 2.06 bits per heavy atom. The number of benzene rings is 1. The van der Waals surface area contributed by atoms with Crippen LogP contribution in [0.3, 0.4) is 0 Å². The topological polar surface area (TPSA) is 73.0 Å². The van der Waals surface area contributed by atoms with E-state index in [1.165, 1.54) is 12.8 Å². The number of anilines is 1. The number of nitrogens with one attached hydrogen (secondary N) is 1. The van der Waals surface area contributed by atoms with Crippen molar-refractivity contribution in [3.8, 4) is 0 Å². The first-order valence-corrected chi connectivity index (χ1v) is 11.6. The maximum absolute atomic E-state index is 13.2. The van der Waals surface area contributed by atoms with E-state index in [0.717, 1.165) is 19.6 Å². The molecule has 1 aromatic carbocycles. The van der Waals surface area contributed by atoms with E-state index in [2.05, 4.69) is 17.1 Å². The highest BCUT2D eigenvalue weighted by molar-refractivity contribution is 6.10. The molecular formula is C24H34N4O3. The lowest BCUT2D eigenvalue weighted by molar-refractivity contribution is -0.122. The molecule has 2 saturated heterocycles. The molecule has 3 unspecified atom stereocenters. The number of fused-ring (bicyclic) bond motifs is 3. The Kier molecular flexibility index (Phi) is 6.06. The van der Waals surface area contributed by atoms with Gasteiger partial charge >= 0.3 is 0 Å². The van der Waals surface area contributed by atoms with Crippen molar-refractivity contribution in [2.45, 2.75) is 64.6 Å². The fourth-order valence-corrected chi connectivity index (χ4v) is 5.49. The van der Waals surface area contributed by atoms with E-state index in [1.54, 1.807) is 15.9 Å². The number of hydrogen-bond acceptors (Lipinski definition) is 4. The van der Waals surface area contributed by atoms with Crippen LogP contribution in [0.15, 0.2) is 24.3 Å². The summed E-state index contributed by atoms with van der Waals surface area (Å²) in [5, 5.41) is 3.10. The SMILES string of the molecule is CC1CCCN(CC(C)NC(=O)CCN2C(=O)c3ccccc3N3C(=O)CCC23C)C1. The zero-order valence-electron chi connectivity index (χ0n) is 18.9. The highest BCUT2D eigenvalue weighted by Gasteiger charge is 2.52. The van der Waals surface area contributed by atoms with Crippen molar-refractivity contribution in [1.82, 2.24) is 15.1 Å².